The molecule has 2 fully saturated rings. The molecule has 3 aliphatic rings. The van der Waals surface area contributed by atoms with Gasteiger partial charge in [0.1, 0.15) is 0 Å². The lowest BCUT2D eigenvalue weighted by Gasteiger charge is -2.32. The fourth-order valence-electron chi connectivity index (χ4n) is 3.57. The van der Waals surface area contributed by atoms with Crippen molar-refractivity contribution in [1.82, 2.24) is 0 Å². The Labute approximate surface area is 178 Å². The maximum absolute atomic E-state index is 6.47. The van der Waals surface area contributed by atoms with Gasteiger partial charge in [-0.2, -0.15) is 0 Å². The van der Waals surface area contributed by atoms with Gasteiger partial charge in [-0.15, -0.1) is 23.1 Å². The maximum atomic E-state index is 6.47. The fraction of sp³-hybridized carbons (Fsp3) is 0.700. The smallest absolute Gasteiger partial charge is 0.402 e. The van der Waals surface area contributed by atoms with E-state index in [1.807, 2.05) is 0 Å². The summed E-state index contributed by atoms with van der Waals surface area (Å²) in [6.45, 7) is 16.8. The monoisotopic (exact) mass is 420 g/mol. The van der Waals surface area contributed by atoms with Crippen LogP contribution in [0.5, 0.6) is 0 Å². The van der Waals surface area contributed by atoms with Crippen molar-refractivity contribution in [1.29, 1.82) is 0 Å². The molecule has 3 aliphatic heterocycles. The minimum absolute atomic E-state index is 0.266. The zero-order chi connectivity index (χ0) is 20.6. The number of hydrogen-bond donors (Lipinski definition) is 0. The number of allylic oxidation sites excluding steroid dienone is 1. The van der Waals surface area contributed by atoms with E-state index in [2.05, 4.69) is 79.0 Å². The van der Waals surface area contributed by atoms with Crippen LogP contribution in [0.15, 0.2) is 23.6 Å². The molecule has 1 unspecified atom stereocenters. The number of thiophene rings is 1. The average Bonchev–Trinajstić information content (AvgIpc) is 3.28. The normalized spacial score (nSPS) is 32.4. The molecule has 0 N–H and O–H groups in total. The third kappa shape index (κ3) is 3.07. The molecule has 4 rings (SSSR count). The Hall–Kier alpha value is -0.240. The van der Waals surface area contributed by atoms with E-state index in [4.69, 9.17) is 18.6 Å². The summed E-state index contributed by atoms with van der Waals surface area (Å²) in [5.74, 6) is 0. The molecule has 0 bridgehead atoms. The Kier molecular flexibility index (Phi) is 4.79. The summed E-state index contributed by atoms with van der Waals surface area (Å²) < 4.78 is 26.3. The highest BCUT2D eigenvalue weighted by Gasteiger charge is 2.61. The van der Waals surface area contributed by atoms with Gasteiger partial charge in [0, 0.05) is 9.65 Å². The standard InChI is InChI=1S/C20H30B2O4S2/c1-16(2)17(3,4)24-21(23-16)15-11-10-14(28-15)20(12-9-13-27-20)22-25-18(5,6)19(7,8)26-22/h9-11,13H,12H2,1-8H3. The van der Waals surface area contributed by atoms with Crippen molar-refractivity contribution in [3.63, 3.8) is 0 Å². The van der Waals surface area contributed by atoms with Crippen molar-refractivity contribution in [3.8, 4) is 0 Å². The highest BCUT2D eigenvalue weighted by atomic mass is 32.2. The topological polar surface area (TPSA) is 36.9 Å². The van der Waals surface area contributed by atoms with Gasteiger partial charge in [0.05, 0.1) is 27.1 Å². The summed E-state index contributed by atoms with van der Waals surface area (Å²) in [4.78, 5) is 1.24. The minimum atomic E-state index is -0.348. The molecule has 0 aromatic carbocycles. The predicted octanol–water partition coefficient (Wildman–Crippen LogP) is 4.52. The Morgan fingerprint density at radius 1 is 0.786 bits per heavy atom. The molecule has 0 spiro atoms. The van der Waals surface area contributed by atoms with Gasteiger partial charge in [0.2, 0.25) is 0 Å². The van der Waals surface area contributed by atoms with Crippen LogP contribution < -0.4 is 4.78 Å². The van der Waals surface area contributed by atoms with Crippen molar-refractivity contribution in [2.45, 2.75) is 88.9 Å². The molecule has 152 valence electrons. The highest BCUT2D eigenvalue weighted by Crippen LogP contribution is 2.54. The Bertz CT molecular complexity index is 760. The molecule has 0 aliphatic carbocycles. The summed E-state index contributed by atoms with van der Waals surface area (Å²) >= 11 is 3.54. The molecule has 0 radical (unpaired) electrons. The molecule has 2 saturated heterocycles. The van der Waals surface area contributed by atoms with Crippen LogP contribution in [0.3, 0.4) is 0 Å². The summed E-state index contributed by atoms with van der Waals surface area (Å²) in [7, 11) is -0.638. The number of thioether (sulfide) groups is 1. The lowest BCUT2D eigenvalue weighted by atomic mass is 9.68. The molecule has 1 aromatic rings. The van der Waals surface area contributed by atoms with Gasteiger partial charge in [-0.3, -0.25) is 0 Å². The van der Waals surface area contributed by atoms with Gasteiger partial charge in [-0.1, -0.05) is 12.1 Å². The summed E-state index contributed by atoms with van der Waals surface area (Å²) in [5, 5.41) is 2.17. The van der Waals surface area contributed by atoms with Gasteiger partial charge in [0.25, 0.3) is 0 Å². The summed E-state index contributed by atoms with van der Waals surface area (Å²) in [6, 6.07) is 4.32. The van der Waals surface area contributed by atoms with E-state index in [1.54, 1.807) is 23.1 Å². The Balaban J connectivity index is 1.63. The summed E-state index contributed by atoms with van der Waals surface area (Å²) in [5.41, 5.74) is -1.37. The van der Waals surface area contributed by atoms with E-state index in [0.29, 0.717) is 0 Å². The molecule has 0 saturated carbocycles. The predicted molar refractivity (Wildman–Crippen MR) is 119 cm³/mol. The number of rotatable bonds is 3. The van der Waals surface area contributed by atoms with E-state index in [-0.39, 0.29) is 41.3 Å². The first-order chi connectivity index (χ1) is 12.8. The molecule has 8 heteroatoms. The van der Waals surface area contributed by atoms with E-state index in [0.717, 1.165) is 11.2 Å². The molecule has 4 heterocycles. The molecule has 28 heavy (non-hydrogen) atoms. The van der Waals surface area contributed by atoms with E-state index < -0.39 is 0 Å². The van der Waals surface area contributed by atoms with Crippen LogP contribution in [-0.4, -0.2) is 36.6 Å². The van der Waals surface area contributed by atoms with Crippen LogP contribution >= 0.6 is 23.1 Å². The third-order valence-electron chi connectivity index (χ3n) is 6.96. The highest BCUT2D eigenvalue weighted by molar-refractivity contribution is 8.04. The Morgan fingerprint density at radius 2 is 1.32 bits per heavy atom. The molecule has 1 atom stereocenters. The van der Waals surface area contributed by atoms with Gasteiger partial charge in [0.15, 0.2) is 0 Å². The molecular formula is C20H30B2O4S2. The minimum Gasteiger partial charge on any atom is -0.402 e. The van der Waals surface area contributed by atoms with Crippen molar-refractivity contribution in [3.05, 3.63) is 28.5 Å². The van der Waals surface area contributed by atoms with E-state index in [9.17, 15) is 0 Å². The van der Waals surface area contributed by atoms with Crippen LogP contribution in [0.1, 0.15) is 66.7 Å². The molecule has 1 aromatic heterocycles. The quantitative estimate of drug-likeness (QED) is 0.673. The van der Waals surface area contributed by atoms with Crippen molar-refractivity contribution < 1.29 is 18.6 Å². The second-order valence-electron chi connectivity index (χ2n) is 9.96. The third-order valence-corrected chi connectivity index (χ3v) is 9.70. The lowest BCUT2D eigenvalue weighted by molar-refractivity contribution is 0.00578. The van der Waals surface area contributed by atoms with E-state index in [1.165, 1.54) is 4.88 Å². The van der Waals surface area contributed by atoms with Gasteiger partial charge >= 0.3 is 14.2 Å². The number of hydrogen-bond acceptors (Lipinski definition) is 6. The molecule has 4 nitrogen and oxygen atoms in total. The first-order valence-electron chi connectivity index (χ1n) is 9.94. The Morgan fingerprint density at radius 3 is 1.82 bits per heavy atom. The lowest BCUT2D eigenvalue weighted by Crippen LogP contribution is -2.41. The largest absolute Gasteiger partial charge is 0.505 e. The van der Waals surface area contributed by atoms with Crippen molar-refractivity contribution >= 4 is 42.1 Å². The zero-order valence-electron chi connectivity index (χ0n) is 18.1. The van der Waals surface area contributed by atoms with Crippen LogP contribution in [0.25, 0.3) is 0 Å². The first kappa shape index (κ1) is 21.0. The molecular weight excluding hydrogens is 390 g/mol. The van der Waals surface area contributed by atoms with Gasteiger partial charge in [-0.05, 0) is 73.3 Å². The molecule has 0 amide bonds. The average molecular weight is 420 g/mol. The van der Waals surface area contributed by atoms with Crippen molar-refractivity contribution in [2.75, 3.05) is 0 Å². The van der Waals surface area contributed by atoms with Crippen LogP contribution in [0.4, 0.5) is 0 Å². The SMILES string of the molecule is CC1(C)OB(c2ccc(C3(B4OC(C)(C)C(C)(C)O4)CC=CS3)s2)OC1(C)C. The van der Waals surface area contributed by atoms with E-state index >= 15 is 0 Å². The zero-order valence-corrected chi connectivity index (χ0v) is 19.8. The van der Waals surface area contributed by atoms with Crippen molar-refractivity contribution in [2.24, 2.45) is 0 Å². The fourth-order valence-corrected chi connectivity index (χ4v) is 5.93. The second kappa shape index (κ2) is 6.38. The first-order valence-corrected chi connectivity index (χ1v) is 11.6. The van der Waals surface area contributed by atoms with Crippen LogP contribution in [0, 0.1) is 0 Å². The van der Waals surface area contributed by atoms with Gasteiger partial charge < -0.3 is 18.6 Å². The van der Waals surface area contributed by atoms with Gasteiger partial charge in [-0.25, -0.2) is 0 Å². The van der Waals surface area contributed by atoms with Crippen LogP contribution in [-0.2, 0) is 23.3 Å². The second-order valence-corrected chi connectivity index (χ2v) is 12.3. The summed E-state index contributed by atoms with van der Waals surface area (Å²) in [6.07, 6.45) is 3.10. The maximum Gasteiger partial charge on any atom is 0.505 e. The van der Waals surface area contributed by atoms with Crippen LogP contribution in [0.2, 0.25) is 0 Å².